The maximum atomic E-state index is 12.7. The van der Waals surface area contributed by atoms with Gasteiger partial charge in [-0.2, -0.15) is 0 Å². The lowest BCUT2D eigenvalue weighted by atomic mass is 10.1. The fraction of sp³-hybridized carbons (Fsp3) is 0.0833. The summed E-state index contributed by atoms with van der Waals surface area (Å²) in [6, 6.07) is 18.0. The third-order valence-corrected chi connectivity index (χ3v) is 5.19. The molecule has 144 valence electrons. The van der Waals surface area contributed by atoms with Gasteiger partial charge in [0.2, 0.25) is 5.78 Å². The van der Waals surface area contributed by atoms with E-state index in [0.717, 1.165) is 15.6 Å². The first-order valence-electron chi connectivity index (χ1n) is 9.04. The number of carbonyl (C=O) groups excluding carboxylic acids is 2. The molecule has 0 N–H and O–H groups in total. The van der Waals surface area contributed by atoms with Crippen LogP contribution >= 0.6 is 15.9 Å². The summed E-state index contributed by atoms with van der Waals surface area (Å²) in [6.07, 6.45) is 1.70. The molecule has 0 spiro atoms. The number of esters is 1. The number of hydrogen-bond acceptors (Lipinski definition) is 4. The largest absolute Gasteiger partial charge is 0.452 e. The van der Waals surface area contributed by atoms with Gasteiger partial charge < -0.3 is 9.47 Å². The van der Waals surface area contributed by atoms with Gasteiger partial charge in [0, 0.05) is 10.0 Å². The quantitative estimate of drug-likeness (QED) is 0.284. The number of allylic oxidation sites excluding steroid dienone is 1. The first-order valence-corrected chi connectivity index (χ1v) is 9.84. The highest BCUT2D eigenvalue weighted by atomic mass is 79.9. The van der Waals surface area contributed by atoms with Crippen molar-refractivity contribution in [2.75, 3.05) is 0 Å². The number of fused-ring (bicyclic) bond motifs is 1. The Morgan fingerprint density at radius 1 is 1.03 bits per heavy atom. The van der Waals surface area contributed by atoms with Crippen LogP contribution in [0, 0.1) is 13.8 Å². The summed E-state index contributed by atoms with van der Waals surface area (Å²) >= 11 is 3.39. The van der Waals surface area contributed by atoms with Crippen molar-refractivity contribution in [1.29, 1.82) is 0 Å². The molecule has 29 heavy (non-hydrogen) atoms. The Morgan fingerprint density at radius 3 is 2.52 bits per heavy atom. The van der Waals surface area contributed by atoms with E-state index < -0.39 is 5.97 Å². The Kier molecular flexibility index (Phi) is 5.07. The lowest BCUT2D eigenvalue weighted by Crippen LogP contribution is -2.09. The molecule has 5 heteroatoms. The van der Waals surface area contributed by atoms with E-state index in [-0.39, 0.29) is 11.5 Å². The van der Waals surface area contributed by atoms with Crippen molar-refractivity contribution in [2.24, 2.45) is 0 Å². The predicted molar refractivity (Wildman–Crippen MR) is 114 cm³/mol. The molecule has 0 amide bonds. The predicted octanol–water partition coefficient (Wildman–Crippen LogP) is 5.90. The molecule has 0 atom stereocenters. The third-order valence-electron chi connectivity index (χ3n) is 4.66. The molecule has 1 aliphatic rings. The Labute approximate surface area is 176 Å². The van der Waals surface area contributed by atoms with Crippen molar-refractivity contribution in [3.63, 3.8) is 0 Å². The van der Waals surface area contributed by atoms with Gasteiger partial charge in [-0.25, -0.2) is 4.79 Å². The van der Waals surface area contributed by atoms with E-state index in [4.69, 9.17) is 9.47 Å². The van der Waals surface area contributed by atoms with Gasteiger partial charge in [-0.1, -0.05) is 45.8 Å². The average molecular weight is 449 g/mol. The van der Waals surface area contributed by atoms with Crippen molar-refractivity contribution in [2.45, 2.75) is 13.8 Å². The first-order chi connectivity index (χ1) is 13.9. The number of ketones is 1. The van der Waals surface area contributed by atoms with E-state index in [9.17, 15) is 9.59 Å². The maximum Gasteiger partial charge on any atom is 0.343 e. The van der Waals surface area contributed by atoms with Gasteiger partial charge in [-0.05, 0) is 61.9 Å². The summed E-state index contributed by atoms with van der Waals surface area (Å²) in [4.78, 5) is 25.2. The number of Topliss-reactive ketones (excluding diaryl/α,β-unsaturated/α-hetero) is 1. The lowest BCUT2D eigenvalue weighted by molar-refractivity contribution is 0.0733. The fourth-order valence-corrected chi connectivity index (χ4v) is 3.38. The topological polar surface area (TPSA) is 52.6 Å². The molecule has 1 heterocycles. The molecule has 4 rings (SSSR count). The summed E-state index contributed by atoms with van der Waals surface area (Å²) in [5.74, 6) is 0.391. The van der Waals surface area contributed by atoms with Gasteiger partial charge in [0.25, 0.3) is 0 Å². The molecule has 3 aromatic rings. The number of ether oxygens (including phenoxy) is 2. The molecule has 0 aromatic heterocycles. The van der Waals surface area contributed by atoms with Crippen molar-refractivity contribution < 1.29 is 19.1 Å². The molecule has 0 unspecified atom stereocenters. The van der Waals surface area contributed by atoms with Crippen molar-refractivity contribution in [1.82, 2.24) is 0 Å². The van der Waals surface area contributed by atoms with Gasteiger partial charge >= 0.3 is 5.97 Å². The van der Waals surface area contributed by atoms with E-state index in [1.54, 1.807) is 37.3 Å². The molecular weight excluding hydrogens is 432 g/mol. The number of benzene rings is 3. The Balaban J connectivity index is 1.61. The molecular formula is C24H17BrO4. The monoisotopic (exact) mass is 448 g/mol. The minimum atomic E-state index is -0.452. The molecule has 0 fully saturated rings. The standard InChI is InChI=1S/C24H17BrO4/c1-14-4-3-5-17(12-14)24(27)29-20-11-10-19-22(26)21(28-23(19)15(20)2)13-16-6-8-18(25)9-7-16/h3-13H,1-2H3/b21-13-. The van der Waals surface area contributed by atoms with Gasteiger partial charge in [0.15, 0.2) is 5.76 Å². The van der Waals surface area contributed by atoms with Crippen LogP contribution < -0.4 is 9.47 Å². The zero-order valence-corrected chi connectivity index (χ0v) is 17.4. The summed E-state index contributed by atoms with van der Waals surface area (Å²) in [5, 5.41) is 0. The Morgan fingerprint density at radius 2 is 1.79 bits per heavy atom. The minimum absolute atomic E-state index is 0.192. The van der Waals surface area contributed by atoms with Crippen LogP contribution in [-0.2, 0) is 0 Å². The van der Waals surface area contributed by atoms with Gasteiger partial charge in [0.1, 0.15) is 11.5 Å². The Bertz CT molecular complexity index is 1160. The molecule has 0 saturated carbocycles. The van der Waals surface area contributed by atoms with E-state index in [2.05, 4.69) is 15.9 Å². The zero-order chi connectivity index (χ0) is 20.5. The van der Waals surface area contributed by atoms with Crippen LogP contribution in [0.5, 0.6) is 11.5 Å². The van der Waals surface area contributed by atoms with Crippen molar-refractivity contribution in [3.05, 3.63) is 98.7 Å². The molecule has 0 bridgehead atoms. The van der Waals surface area contributed by atoms with E-state index in [0.29, 0.717) is 28.2 Å². The summed E-state index contributed by atoms with van der Waals surface area (Å²) in [6.45, 7) is 3.68. The molecule has 0 radical (unpaired) electrons. The van der Waals surface area contributed by atoms with Crippen LogP contribution in [-0.4, -0.2) is 11.8 Å². The van der Waals surface area contributed by atoms with Gasteiger partial charge in [-0.3, -0.25) is 4.79 Å². The second-order valence-electron chi connectivity index (χ2n) is 6.82. The SMILES string of the molecule is Cc1cccc(C(=O)Oc2ccc3c(c2C)O/C(=C\c2ccc(Br)cc2)C3=O)c1. The normalized spacial score (nSPS) is 13.9. The molecule has 0 aliphatic carbocycles. The van der Waals surface area contributed by atoms with E-state index in [1.807, 2.05) is 43.3 Å². The van der Waals surface area contributed by atoms with Crippen LogP contribution in [0.4, 0.5) is 0 Å². The average Bonchev–Trinajstić information content (AvgIpc) is 3.02. The fourth-order valence-electron chi connectivity index (χ4n) is 3.12. The van der Waals surface area contributed by atoms with Crippen LogP contribution in [0.25, 0.3) is 6.08 Å². The highest BCUT2D eigenvalue weighted by Gasteiger charge is 2.30. The third kappa shape index (κ3) is 3.87. The number of carbonyl (C=O) groups is 2. The smallest absolute Gasteiger partial charge is 0.343 e. The van der Waals surface area contributed by atoms with Gasteiger partial charge in [-0.15, -0.1) is 0 Å². The summed E-state index contributed by atoms with van der Waals surface area (Å²) in [7, 11) is 0. The van der Waals surface area contributed by atoms with Crippen LogP contribution in [0.3, 0.4) is 0 Å². The van der Waals surface area contributed by atoms with Crippen molar-refractivity contribution >= 4 is 33.8 Å². The molecule has 1 aliphatic heterocycles. The Hall–Kier alpha value is -3.18. The minimum Gasteiger partial charge on any atom is -0.452 e. The van der Waals surface area contributed by atoms with E-state index >= 15 is 0 Å². The second kappa shape index (κ2) is 7.68. The van der Waals surface area contributed by atoms with Crippen molar-refractivity contribution in [3.8, 4) is 11.5 Å². The number of aryl methyl sites for hydroxylation is 1. The van der Waals surface area contributed by atoms with Crippen LogP contribution in [0.2, 0.25) is 0 Å². The molecule has 0 saturated heterocycles. The summed E-state index contributed by atoms with van der Waals surface area (Å²) < 4.78 is 12.4. The van der Waals surface area contributed by atoms with Gasteiger partial charge in [0.05, 0.1) is 11.1 Å². The zero-order valence-electron chi connectivity index (χ0n) is 15.9. The lowest BCUT2D eigenvalue weighted by Gasteiger charge is -2.10. The van der Waals surface area contributed by atoms with E-state index in [1.165, 1.54) is 0 Å². The number of rotatable bonds is 3. The summed E-state index contributed by atoms with van der Waals surface area (Å²) in [5.41, 5.74) is 3.37. The number of hydrogen-bond donors (Lipinski definition) is 0. The molecule has 3 aromatic carbocycles. The van der Waals surface area contributed by atoms with Crippen LogP contribution in [0.15, 0.2) is 70.9 Å². The second-order valence-corrected chi connectivity index (χ2v) is 7.73. The van der Waals surface area contributed by atoms with Crippen LogP contribution in [0.1, 0.15) is 37.4 Å². The number of halogens is 1. The molecule has 4 nitrogen and oxygen atoms in total. The highest BCUT2D eigenvalue weighted by Crippen LogP contribution is 2.39. The highest BCUT2D eigenvalue weighted by molar-refractivity contribution is 9.10. The first kappa shape index (κ1) is 19.2. The maximum absolute atomic E-state index is 12.7.